The first-order valence-corrected chi connectivity index (χ1v) is 6.94. The fraction of sp³-hybridized carbons (Fsp3) is 0.0833. The molecule has 0 atom stereocenters. The standard InChI is InChI=1S/C12H13N3O3S/c13-12-7-11(5-6-14-12)19(17,18)15-10-3-1-9(8-16)2-4-10/h1-7,15-16H,8H2,(H2,13,14). The minimum atomic E-state index is -3.69. The molecule has 0 saturated carbocycles. The summed E-state index contributed by atoms with van der Waals surface area (Å²) in [6.07, 6.45) is 1.33. The Morgan fingerprint density at radius 1 is 1.21 bits per heavy atom. The minimum Gasteiger partial charge on any atom is -0.392 e. The van der Waals surface area contributed by atoms with Gasteiger partial charge in [-0.15, -0.1) is 0 Å². The summed E-state index contributed by atoms with van der Waals surface area (Å²) in [5, 5.41) is 8.91. The highest BCUT2D eigenvalue weighted by molar-refractivity contribution is 7.92. The van der Waals surface area contributed by atoms with Gasteiger partial charge in [-0.1, -0.05) is 12.1 Å². The van der Waals surface area contributed by atoms with E-state index in [0.717, 1.165) is 0 Å². The third-order valence-electron chi connectivity index (χ3n) is 2.45. The molecule has 0 aliphatic carbocycles. The third kappa shape index (κ3) is 3.21. The summed E-state index contributed by atoms with van der Waals surface area (Å²) in [5.74, 6) is 0.138. The molecule has 0 fully saturated rings. The van der Waals surface area contributed by atoms with Gasteiger partial charge in [0.05, 0.1) is 11.5 Å². The predicted molar refractivity (Wildman–Crippen MR) is 71.8 cm³/mol. The number of pyridine rings is 1. The van der Waals surface area contributed by atoms with Gasteiger partial charge in [0.2, 0.25) is 0 Å². The molecule has 0 saturated heterocycles. The van der Waals surface area contributed by atoms with Crippen LogP contribution in [0.5, 0.6) is 0 Å². The number of aromatic nitrogens is 1. The van der Waals surface area contributed by atoms with E-state index >= 15 is 0 Å². The van der Waals surface area contributed by atoms with Crippen molar-refractivity contribution in [2.24, 2.45) is 0 Å². The zero-order valence-corrected chi connectivity index (χ0v) is 10.8. The van der Waals surface area contributed by atoms with Crippen molar-refractivity contribution in [2.75, 3.05) is 10.5 Å². The van der Waals surface area contributed by atoms with Crippen LogP contribution >= 0.6 is 0 Å². The second kappa shape index (κ2) is 5.25. The van der Waals surface area contributed by atoms with E-state index in [4.69, 9.17) is 10.8 Å². The quantitative estimate of drug-likeness (QED) is 0.773. The predicted octanol–water partition coefficient (Wildman–Crippen LogP) is 0.957. The van der Waals surface area contributed by atoms with Crippen LogP contribution in [0.3, 0.4) is 0 Å². The molecule has 0 amide bonds. The SMILES string of the molecule is Nc1cc(S(=O)(=O)Nc2ccc(CO)cc2)ccn1. The van der Waals surface area contributed by atoms with Crippen LogP contribution < -0.4 is 10.5 Å². The van der Waals surface area contributed by atoms with E-state index < -0.39 is 10.0 Å². The van der Waals surface area contributed by atoms with Crippen LogP contribution in [0, 0.1) is 0 Å². The summed E-state index contributed by atoms with van der Waals surface area (Å²) in [7, 11) is -3.69. The van der Waals surface area contributed by atoms with Crippen LogP contribution in [0.15, 0.2) is 47.5 Å². The Kier molecular flexibility index (Phi) is 3.68. The summed E-state index contributed by atoms with van der Waals surface area (Å²) >= 11 is 0. The lowest BCUT2D eigenvalue weighted by Crippen LogP contribution is -2.13. The van der Waals surface area contributed by atoms with Crippen molar-refractivity contribution in [2.45, 2.75) is 11.5 Å². The smallest absolute Gasteiger partial charge is 0.262 e. The molecule has 1 aromatic carbocycles. The van der Waals surface area contributed by atoms with Crippen LogP contribution in [-0.4, -0.2) is 18.5 Å². The van der Waals surface area contributed by atoms with E-state index in [0.29, 0.717) is 11.3 Å². The second-order valence-electron chi connectivity index (χ2n) is 3.88. The highest BCUT2D eigenvalue weighted by Crippen LogP contribution is 2.17. The van der Waals surface area contributed by atoms with Gasteiger partial charge in [-0.05, 0) is 23.8 Å². The lowest BCUT2D eigenvalue weighted by Gasteiger charge is -2.08. The molecule has 0 radical (unpaired) electrons. The second-order valence-corrected chi connectivity index (χ2v) is 5.56. The van der Waals surface area contributed by atoms with E-state index in [2.05, 4.69) is 9.71 Å². The highest BCUT2D eigenvalue weighted by Gasteiger charge is 2.14. The summed E-state index contributed by atoms with van der Waals surface area (Å²) < 4.78 is 26.5. The van der Waals surface area contributed by atoms with E-state index in [1.54, 1.807) is 24.3 Å². The molecular formula is C12H13N3O3S. The van der Waals surface area contributed by atoms with Crippen LogP contribution in [0.1, 0.15) is 5.56 Å². The molecule has 0 bridgehead atoms. The van der Waals surface area contributed by atoms with Gasteiger partial charge in [0, 0.05) is 18.0 Å². The van der Waals surface area contributed by atoms with Crippen molar-refractivity contribution in [1.29, 1.82) is 0 Å². The normalized spacial score (nSPS) is 11.2. The molecule has 19 heavy (non-hydrogen) atoms. The highest BCUT2D eigenvalue weighted by atomic mass is 32.2. The lowest BCUT2D eigenvalue weighted by molar-refractivity contribution is 0.282. The number of anilines is 2. The molecule has 2 rings (SSSR count). The van der Waals surface area contributed by atoms with Crippen LogP contribution in [-0.2, 0) is 16.6 Å². The van der Waals surface area contributed by atoms with Crippen LogP contribution in [0.4, 0.5) is 11.5 Å². The number of nitrogens with two attached hydrogens (primary N) is 1. The Bertz CT molecular complexity index is 669. The van der Waals surface area contributed by atoms with Crippen molar-refractivity contribution < 1.29 is 13.5 Å². The zero-order valence-electron chi connectivity index (χ0n) is 9.95. The summed E-state index contributed by atoms with van der Waals surface area (Å²) in [5.41, 5.74) is 6.57. The minimum absolute atomic E-state index is 0.0474. The van der Waals surface area contributed by atoms with Crippen LogP contribution in [0.2, 0.25) is 0 Å². The number of hydrogen-bond acceptors (Lipinski definition) is 5. The maximum absolute atomic E-state index is 12.1. The molecule has 2 aromatic rings. The summed E-state index contributed by atoms with van der Waals surface area (Å²) in [6.45, 7) is -0.0894. The van der Waals surface area contributed by atoms with Crippen molar-refractivity contribution in [1.82, 2.24) is 4.98 Å². The first-order valence-electron chi connectivity index (χ1n) is 5.45. The lowest BCUT2D eigenvalue weighted by atomic mass is 10.2. The van der Waals surface area contributed by atoms with Gasteiger partial charge >= 0.3 is 0 Å². The summed E-state index contributed by atoms with van der Waals surface area (Å²) in [6, 6.07) is 9.07. The number of rotatable bonds is 4. The Hall–Kier alpha value is -2.12. The van der Waals surface area contributed by atoms with E-state index in [9.17, 15) is 8.42 Å². The van der Waals surface area contributed by atoms with Crippen molar-refractivity contribution >= 4 is 21.5 Å². The molecule has 1 aromatic heterocycles. The topological polar surface area (TPSA) is 105 Å². The first kappa shape index (κ1) is 13.3. The molecule has 0 aliphatic heterocycles. The first-order chi connectivity index (χ1) is 9.01. The number of nitrogens with one attached hydrogen (secondary N) is 1. The van der Waals surface area contributed by atoms with Gasteiger partial charge in [0.25, 0.3) is 10.0 Å². The molecule has 4 N–H and O–H groups in total. The number of hydrogen-bond donors (Lipinski definition) is 3. The van der Waals surface area contributed by atoms with Crippen molar-refractivity contribution in [3.63, 3.8) is 0 Å². The number of nitrogens with zero attached hydrogens (tertiary/aromatic N) is 1. The zero-order chi connectivity index (χ0) is 13.9. The Labute approximate surface area is 111 Å². The maximum atomic E-state index is 12.1. The van der Waals surface area contributed by atoms with Crippen LogP contribution in [0.25, 0.3) is 0 Å². The molecule has 6 nitrogen and oxygen atoms in total. The number of aliphatic hydroxyl groups excluding tert-OH is 1. The number of nitrogen functional groups attached to an aromatic ring is 1. The van der Waals surface area contributed by atoms with Crippen molar-refractivity contribution in [3.8, 4) is 0 Å². The molecule has 0 spiro atoms. The monoisotopic (exact) mass is 279 g/mol. The number of benzene rings is 1. The molecule has 100 valence electrons. The summed E-state index contributed by atoms with van der Waals surface area (Å²) in [4.78, 5) is 3.79. The maximum Gasteiger partial charge on any atom is 0.262 e. The molecule has 7 heteroatoms. The van der Waals surface area contributed by atoms with E-state index in [1.807, 2.05) is 0 Å². The van der Waals surface area contributed by atoms with Gasteiger partial charge < -0.3 is 10.8 Å². The fourth-order valence-corrected chi connectivity index (χ4v) is 2.57. The van der Waals surface area contributed by atoms with Gasteiger partial charge in [-0.25, -0.2) is 13.4 Å². The molecule has 0 unspecified atom stereocenters. The van der Waals surface area contributed by atoms with E-state index in [-0.39, 0.29) is 17.3 Å². The Morgan fingerprint density at radius 2 is 1.89 bits per heavy atom. The van der Waals surface area contributed by atoms with Gasteiger partial charge in [0.15, 0.2) is 0 Å². The molecule has 0 aliphatic rings. The van der Waals surface area contributed by atoms with Gasteiger partial charge in [-0.3, -0.25) is 4.72 Å². The largest absolute Gasteiger partial charge is 0.392 e. The Morgan fingerprint density at radius 3 is 2.47 bits per heavy atom. The molecular weight excluding hydrogens is 266 g/mol. The fourth-order valence-electron chi connectivity index (χ4n) is 1.49. The van der Waals surface area contributed by atoms with Crippen molar-refractivity contribution in [3.05, 3.63) is 48.2 Å². The third-order valence-corrected chi connectivity index (χ3v) is 3.83. The number of aliphatic hydroxyl groups is 1. The van der Waals surface area contributed by atoms with Gasteiger partial charge in [0.1, 0.15) is 5.82 Å². The average molecular weight is 279 g/mol. The average Bonchev–Trinajstić information content (AvgIpc) is 2.39. The molecule has 1 heterocycles. The van der Waals surface area contributed by atoms with Gasteiger partial charge in [-0.2, -0.15) is 0 Å². The number of sulfonamides is 1. The van der Waals surface area contributed by atoms with E-state index in [1.165, 1.54) is 18.3 Å². The Balaban J connectivity index is 2.25.